The van der Waals surface area contributed by atoms with E-state index in [-0.39, 0.29) is 12.0 Å². The van der Waals surface area contributed by atoms with Crippen molar-refractivity contribution in [2.45, 2.75) is 32.1 Å². The normalized spacial score (nSPS) is 16.8. The molecule has 0 bridgehead atoms. The van der Waals surface area contributed by atoms with E-state index in [1.165, 1.54) is 10.4 Å². The summed E-state index contributed by atoms with van der Waals surface area (Å²) in [5, 5.41) is 11.6. The number of hydrogen-bond acceptors (Lipinski definition) is 4. The van der Waals surface area contributed by atoms with Gasteiger partial charge in [0.15, 0.2) is 0 Å². The molecule has 0 saturated heterocycles. The lowest BCUT2D eigenvalue weighted by Gasteiger charge is -2.12. The molecule has 1 aliphatic carbocycles. The molecule has 0 amide bonds. The average molecular weight is 260 g/mol. The molecule has 0 spiro atoms. The highest BCUT2D eigenvalue weighted by atomic mass is 32.1. The zero-order valence-electron chi connectivity index (χ0n) is 10.6. The van der Waals surface area contributed by atoms with Gasteiger partial charge in [0, 0.05) is 5.69 Å². The molecular weight excluding hydrogens is 244 g/mol. The van der Waals surface area contributed by atoms with Gasteiger partial charge in [-0.2, -0.15) is 0 Å². The Morgan fingerprint density at radius 1 is 1.33 bits per heavy atom. The molecule has 0 aliphatic heterocycles. The molecule has 3 rings (SSSR count). The second-order valence-electron chi connectivity index (χ2n) is 5.09. The van der Waals surface area contributed by atoms with E-state index in [4.69, 9.17) is 0 Å². The van der Waals surface area contributed by atoms with Gasteiger partial charge in [0.05, 0.1) is 22.6 Å². The third kappa shape index (κ3) is 1.85. The van der Waals surface area contributed by atoms with Crippen molar-refractivity contribution in [2.24, 2.45) is 0 Å². The minimum Gasteiger partial charge on any atom is -0.395 e. The molecule has 1 saturated carbocycles. The molecule has 0 unspecified atom stereocenters. The van der Waals surface area contributed by atoms with Crippen molar-refractivity contribution in [1.82, 2.24) is 9.97 Å². The lowest BCUT2D eigenvalue weighted by Crippen LogP contribution is -2.17. The first kappa shape index (κ1) is 11.8. The van der Waals surface area contributed by atoms with Gasteiger partial charge in [-0.05, 0) is 49.8 Å². The Labute approximate surface area is 111 Å². The lowest BCUT2D eigenvalue weighted by atomic mass is 10.1. The molecule has 4 heteroatoms. The van der Waals surface area contributed by atoms with Crippen LogP contribution in [0.2, 0.25) is 0 Å². The maximum Gasteiger partial charge on any atom is 0.137 e. The summed E-state index contributed by atoms with van der Waals surface area (Å²) < 4.78 is 0. The van der Waals surface area contributed by atoms with Crippen LogP contribution in [-0.4, -0.2) is 21.7 Å². The molecule has 3 nitrogen and oxygen atoms in total. The van der Waals surface area contributed by atoms with Crippen molar-refractivity contribution < 1.29 is 5.11 Å². The Kier molecular flexibility index (Phi) is 2.72. The fourth-order valence-electron chi connectivity index (χ4n) is 2.16. The molecule has 18 heavy (non-hydrogen) atoms. The van der Waals surface area contributed by atoms with Crippen LogP contribution in [0.4, 0.5) is 0 Å². The maximum absolute atomic E-state index is 9.50. The highest BCUT2D eigenvalue weighted by Gasteiger charge is 2.46. The molecule has 0 radical (unpaired) electrons. The van der Waals surface area contributed by atoms with Crippen LogP contribution in [0.25, 0.3) is 10.6 Å². The van der Waals surface area contributed by atoms with E-state index < -0.39 is 0 Å². The zero-order chi connectivity index (χ0) is 12.8. The van der Waals surface area contributed by atoms with Crippen molar-refractivity contribution in [2.75, 3.05) is 6.61 Å². The minimum atomic E-state index is -0.161. The lowest BCUT2D eigenvalue weighted by molar-refractivity contribution is 0.249. The number of aromatic nitrogens is 2. The summed E-state index contributed by atoms with van der Waals surface area (Å²) >= 11 is 1.71. The molecule has 2 aromatic rings. The van der Waals surface area contributed by atoms with Crippen LogP contribution in [0.1, 0.15) is 29.9 Å². The first-order chi connectivity index (χ1) is 8.64. The van der Waals surface area contributed by atoms with Gasteiger partial charge in [0.25, 0.3) is 0 Å². The minimum absolute atomic E-state index is 0.152. The zero-order valence-corrected chi connectivity index (χ0v) is 11.4. The van der Waals surface area contributed by atoms with Crippen molar-refractivity contribution >= 4 is 11.3 Å². The van der Waals surface area contributed by atoms with Gasteiger partial charge in [-0.15, -0.1) is 11.3 Å². The van der Waals surface area contributed by atoms with Crippen molar-refractivity contribution in [3.05, 3.63) is 34.6 Å². The number of aliphatic hydroxyl groups excluding tert-OH is 1. The van der Waals surface area contributed by atoms with Crippen LogP contribution in [0.3, 0.4) is 0 Å². The summed E-state index contributed by atoms with van der Waals surface area (Å²) in [7, 11) is 0. The Balaban J connectivity index is 2.10. The monoisotopic (exact) mass is 260 g/mol. The van der Waals surface area contributed by atoms with Gasteiger partial charge in [-0.1, -0.05) is 0 Å². The summed E-state index contributed by atoms with van der Waals surface area (Å²) in [4.78, 5) is 10.4. The van der Waals surface area contributed by atoms with Crippen molar-refractivity contribution in [1.29, 1.82) is 0 Å². The van der Waals surface area contributed by atoms with Gasteiger partial charge in [0.2, 0.25) is 0 Å². The van der Waals surface area contributed by atoms with Crippen LogP contribution in [-0.2, 0) is 5.41 Å². The van der Waals surface area contributed by atoms with E-state index in [1.54, 1.807) is 11.3 Å². The van der Waals surface area contributed by atoms with Gasteiger partial charge in [-0.3, -0.25) is 0 Å². The highest BCUT2D eigenvalue weighted by molar-refractivity contribution is 7.13. The van der Waals surface area contributed by atoms with Crippen LogP contribution >= 0.6 is 11.3 Å². The number of aliphatic hydroxyl groups is 1. The molecule has 2 aromatic heterocycles. The summed E-state index contributed by atoms with van der Waals surface area (Å²) in [5.41, 5.74) is 3.05. The molecule has 0 aromatic carbocycles. The van der Waals surface area contributed by atoms with Gasteiger partial charge < -0.3 is 5.11 Å². The molecular formula is C14H16N2OS. The van der Waals surface area contributed by atoms with E-state index in [1.807, 2.05) is 13.0 Å². The second-order valence-corrected chi connectivity index (χ2v) is 6.01. The second kappa shape index (κ2) is 4.14. The van der Waals surface area contributed by atoms with Gasteiger partial charge in [-0.25, -0.2) is 9.97 Å². The molecule has 1 fully saturated rings. The van der Waals surface area contributed by atoms with E-state index in [2.05, 4.69) is 28.3 Å². The van der Waals surface area contributed by atoms with Crippen LogP contribution in [0.15, 0.2) is 17.5 Å². The third-order valence-corrected chi connectivity index (χ3v) is 4.62. The standard InChI is InChI=1S/C14H16N2OS/c1-9-3-6-18-12(9)11-7-10(2)15-13(16-11)14(8-17)4-5-14/h3,6-7,17H,4-5,8H2,1-2H3. The number of hydrogen-bond donors (Lipinski definition) is 1. The third-order valence-electron chi connectivity index (χ3n) is 3.58. The van der Waals surface area contributed by atoms with Gasteiger partial charge in [0.1, 0.15) is 5.82 Å². The van der Waals surface area contributed by atoms with E-state index >= 15 is 0 Å². The predicted octanol–water partition coefficient (Wildman–Crippen LogP) is 2.85. The summed E-state index contributed by atoms with van der Waals surface area (Å²) in [6, 6.07) is 4.13. The van der Waals surface area contributed by atoms with Crippen molar-refractivity contribution in [3.8, 4) is 10.6 Å². The Hall–Kier alpha value is -1.26. The summed E-state index contributed by atoms with van der Waals surface area (Å²) in [6.45, 7) is 4.24. The fourth-order valence-corrected chi connectivity index (χ4v) is 3.05. The van der Waals surface area contributed by atoms with Gasteiger partial charge >= 0.3 is 0 Å². The van der Waals surface area contributed by atoms with E-state index in [0.717, 1.165) is 30.1 Å². The van der Waals surface area contributed by atoms with E-state index in [9.17, 15) is 5.11 Å². The number of aryl methyl sites for hydroxylation is 2. The van der Waals surface area contributed by atoms with Crippen molar-refractivity contribution in [3.63, 3.8) is 0 Å². The molecule has 1 aliphatic rings. The van der Waals surface area contributed by atoms with Crippen LogP contribution in [0, 0.1) is 13.8 Å². The average Bonchev–Trinajstić information content (AvgIpc) is 3.05. The largest absolute Gasteiger partial charge is 0.395 e. The molecule has 94 valence electrons. The number of rotatable bonds is 3. The maximum atomic E-state index is 9.50. The topological polar surface area (TPSA) is 46.0 Å². The van der Waals surface area contributed by atoms with E-state index in [0.29, 0.717) is 0 Å². The number of thiophene rings is 1. The molecule has 1 N–H and O–H groups in total. The predicted molar refractivity (Wildman–Crippen MR) is 72.8 cm³/mol. The highest BCUT2D eigenvalue weighted by Crippen LogP contribution is 2.46. The number of nitrogens with zero attached hydrogens (tertiary/aromatic N) is 2. The first-order valence-corrected chi connectivity index (χ1v) is 7.04. The SMILES string of the molecule is Cc1cc(-c2sccc2C)nc(C2(CO)CC2)n1. The summed E-state index contributed by atoms with van der Waals surface area (Å²) in [6.07, 6.45) is 1.99. The quantitative estimate of drug-likeness (QED) is 0.923. The smallest absolute Gasteiger partial charge is 0.137 e. The molecule has 2 heterocycles. The first-order valence-electron chi connectivity index (χ1n) is 6.16. The van der Waals surface area contributed by atoms with Crippen LogP contribution in [0.5, 0.6) is 0 Å². The Bertz CT molecular complexity index is 587. The summed E-state index contributed by atoms with van der Waals surface area (Å²) in [5.74, 6) is 0.813. The Morgan fingerprint density at radius 3 is 2.67 bits per heavy atom. The van der Waals surface area contributed by atoms with Crippen LogP contribution < -0.4 is 0 Å². The fraction of sp³-hybridized carbons (Fsp3) is 0.429. The Morgan fingerprint density at radius 2 is 2.11 bits per heavy atom. The molecule has 0 atom stereocenters.